The number of hydrogen-bond donors (Lipinski definition) is 3. The van der Waals surface area contributed by atoms with Gasteiger partial charge in [0.1, 0.15) is 0 Å². The maximum absolute atomic E-state index is 10.4. The third-order valence-corrected chi connectivity index (χ3v) is 5.11. The van der Waals surface area contributed by atoms with Gasteiger partial charge in [-0.3, -0.25) is 9.88 Å². The summed E-state index contributed by atoms with van der Waals surface area (Å²) in [5.74, 6) is 0. The zero-order chi connectivity index (χ0) is 16.4. The molecule has 4 rings (SSSR count). The Bertz CT molecular complexity index is 712. The molecule has 5 nitrogen and oxygen atoms in total. The number of nitrogens with one attached hydrogen (secondary N) is 2. The van der Waals surface area contributed by atoms with Crippen molar-refractivity contribution >= 4 is 16.6 Å². The number of β-amino-alcohol motifs (C(OH)–C–C–N with tert-alkyl or cyclic N) is 1. The number of aliphatic hydroxyl groups is 1. The average Bonchev–Trinajstić information content (AvgIpc) is 3.07. The zero-order valence-electron chi connectivity index (χ0n) is 14.1. The van der Waals surface area contributed by atoms with Crippen LogP contribution in [0.25, 0.3) is 10.9 Å². The van der Waals surface area contributed by atoms with Crippen molar-refractivity contribution in [2.24, 2.45) is 0 Å². The van der Waals surface area contributed by atoms with E-state index in [9.17, 15) is 5.11 Å². The predicted octanol–water partition coefficient (Wildman–Crippen LogP) is 1.40. The van der Waals surface area contributed by atoms with E-state index < -0.39 is 0 Å². The Morgan fingerprint density at radius 2 is 2.04 bits per heavy atom. The molecule has 5 heteroatoms. The third kappa shape index (κ3) is 3.24. The first-order chi connectivity index (χ1) is 11.8. The number of benzene rings is 1. The number of aromatic nitrogens is 1. The molecule has 2 heterocycles. The summed E-state index contributed by atoms with van der Waals surface area (Å²) < 4.78 is 0. The fourth-order valence-electron chi connectivity index (χ4n) is 3.89. The topological polar surface area (TPSA) is 60.4 Å². The number of nitrogens with zero attached hydrogens (tertiary/aromatic N) is 2. The molecule has 1 aromatic carbocycles. The largest absolute Gasteiger partial charge is 0.390 e. The van der Waals surface area contributed by atoms with E-state index in [4.69, 9.17) is 4.98 Å². The molecule has 1 aliphatic carbocycles. The summed E-state index contributed by atoms with van der Waals surface area (Å²) in [6.07, 6.45) is 2.98. The van der Waals surface area contributed by atoms with Crippen LogP contribution in [0.4, 0.5) is 5.69 Å². The van der Waals surface area contributed by atoms with Gasteiger partial charge in [-0.2, -0.15) is 0 Å². The van der Waals surface area contributed by atoms with Gasteiger partial charge < -0.3 is 15.7 Å². The standard InChI is InChI=1S/C19H26N4O/c24-14(13-23-10-8-20-9-11-23)12-21-19-15-4-1-2-6-17(15)22-18-7-3-5-16(18)19/h1-2,4,6,14,20,24H,3,5,7-13H2,(H,21,22). The lowest BCUT2D eigenvalue weighted by Gasteiger charge is -2.29. The highest BCUT2D eigenvalue weighted by atomic mass is 16.3. The molecular weight excluding hydrogens is 300 g/mol. The van der Waals surface area contributed by atoms with E-state index in [1.165, 1.54) is 28.8 Å². The van der Waals surface area contributed by atoms with Gasteiger partial charge in [0.15, 0.2) is 0 Å². The van der Waals surface area contributed by atoms with Crippen molar-refractivity contribution in [2.45, 2.75) is 25.4 Å². The van der Waals surface area contributed by atoms with Crippen LogP contribution in [-0.4, -0.2) is 60.4 Å². The van der Waals surface area contributed by atoms with Crippen LogP contribution in [0.2, 0.25) is 0 Å². The molecular formula is C19H26N4O. The van der Waals surface area contributed by atoms with E-state index in [-0.39, 0.29) is 6.10 Å². The van der Waals surface area contributed by atoms with Gasteiger partial charge in [0, 0.05) is 56.0 Å². The SMILES string of the molecule is OC(CNc1c2c(nc3ccccc13)CCC2)CN1CCNCC1. The van der Waals surface area contributed by atoms with Crippen molar-refractivity contribution in [3.63, 3.8) is 0 Å². The molecule has 0 radical (unpaired) electrons. The summed E-state index contributed by atoms with van der Waals surface area (Å²) in [5.41, 5.74) is 4.82. The Balaban J connectivity index is 1.49. The van der Waals surface area contributed by atoms with E-state index in [1.807, 2.05) is 6.07 Å². The van der Waals surface area contributed by atoms with Crippen molar-refractivity contribution in [1.29, 1.82) is 0 Å². The first-order valence-electron chi connectivity index (χ1n) is 9.07. The Hall–Kier alpha value is -1.69. The fourth-order valence-corrected chi connectivity index (χ4v) is 3.89. The zero-order valence-corrected chi connectivity index (χ0v) is 14.1. The fraction of sp³-hybridized carbons (Fsp3) is 0.526. The van der Waals surface area contributed by atoms with Crippen LogP contribution < -0.4 is 10.6 Å². The van der Waals surface area contributed by atoms with Gasteiger partial charge in [-0.1, -0.05) is 18.2 Å². The highest BCUT2D eigenvalue weighted by molar-refractivity contribution is 5.93. The minimum atomic E-state index is -0.355. The Labute approximate surface area is 143 Å². The second kappa shape index (κ2) is 7.05. The van der Waals surface area contributed by atoms with Crippen LogP contribution >= 0.6 is 0 Å². The van der Waals surface area contributed by atoms with Crippen molar-refractivity contribution in [1.82, 2.24) is 15.2 Å². The lowest BCUT2D eigenvalue weighted by Crippen LogP contribution is -2.47. The average molecular weight is 326 g/mol. The normalized spacial score (nSPS) is 19.4. The van der Waals surface area contributed by atoms with Gasteiger partial charge in [0.25, 0.3) is 0 Å². The Kier molecular flexibility index (Phi) is 4.65. The molecule has 128 valence electrons. The van der Waals surface area contributed by atoms with E-state index in [0.29, 0.717) is 6.54 Å². The first-order valence-corrected chi connectivity index (χ1v) is 9.07. The number of hydrogen-bond acceptors (Lipinski definition) is 5. The maximum atomic E-state index is 10.4. The van der Waals surface area contributed by atoms with Crippen LogP contribution in [-0.2, 0) is 12.8 Å². The number of para-hydroxylation sites is 1. The summed E-state index contributed by atoms with van der Waals surface area (Å²) >= 11 is 0. The van der Waals surface area contributed by atoms with Crippen LogP contribution in [0.15, 0.2) is 24.3 Å². The molecule has 1 unspecified atom stereocenters. The van der Waals surface area contributed by atoms with E-state index >= 15 is 0 Å². The van der Waals surface area contributed by atoms with Gasteiger partial charge >= 0.3 is 0 Å². The van der Waals surface area contributed by atoms with Gasteiger partial charge in [-0.25, -0.2) is 0 Å². The number of anilines is 1. The maximum Gasteiger partial charge on any atom is 0.0839 e. The van der Waals surface area contributed by atoms with Crippen molar-refractivity contribution in [2.75, 3.05) is 44.6 Å². The van der Waals surface area contributed by atoms with Crippen LogP contribution in [0, 0.1) is 0 Å². The molecule has 0 saturated carbocycles. The molecule has 24 heavy (non-hydrogen) atoms. The molecule has 1 aliphatic heterocycles. The molecule has 1 saturated heterocycles. The lowest BCUT2D eigenvalue weighted by atomic mass is 10.1. The lowest BCUT2D eigenvalue weighted by molar-refractivity contribution is 0.114. The predicted molar refractivity (Wildman–Crippen MR) is 97.6 cm³/mol. The molecule has 1 aromatic heterocycles. The molecule has 0 bridgehead atoms. The molecule has 1 atom stereocenters. The quantitative estimate of drug-likeness (QED) is 0.775. The number of aryl methyl sites for hydroxylation is 1. The number of rotatable bonds is 5. The van der Waals surface area contributed by atoms with Gasteiger partial charge in [-0.05, 0) is 30.9 Å². The number of fused-ring (bicyclic) bond motifs is 2. The van der Waals surface area contributed by atoms with Crippen molar-refractivity contribution < 1.29 is 5.11 Å². The van der Waals surface area contributed by atoms with Crippen LogP contribution in [0.1, 0.15) is 17.7 Å². The second-order valence-electron chi connectivity index (χ2n) is 6.87. The third-order valence-electron chi connectivity index (χ3n) is 5.11. The number of aliphatic hydroxyl groups excluding tert-OH is 1. The summed E-state index contributed by atoms with van der Waals surface area (Å²) in [4.78, 5) is 7.15. The molecule has 0 spiro atoms. The van der Waals surface area contributed by atoms with E-state index in [0.717, 1.165) is 51.1 Å². The van der Waals surface area contributed by atoms with Crippen molar-refractivity contribution in [3.8, 4) is 0 Å². The molecule has 0 amide bonds. The number of pyridine rings is 1. The second-order valence-corrected chi connectivity index (χ2v) is 6.87. The van der Waals surface area contributed by atoms with Crippen molar-refractivity contribution in [3.05, 3.63) is 35.5 Å². The van der Waals surface area contributed by atoms with Gasteiger partial charge in [0.2, 0.25) is 0 Å². The van der Waals surface area contributed by atoms with Crippen LogP contribution in [0.5, 0.6) is 0 Å². The van der Waals surface area contributed by atoms with Gasteiger partial charge in [0.05, 0.1) is 11.6 Å². The summed E-state index contributed by atoms with van der Waals surface area (Å²) in [6.45, 7) is 5.39. The van der Waals surface area contributed by atoms with E-state index in [1.54, 1.807) is 0 Å². The molecule has 2 aromatic rings. The smallest absolute Gasteiger partial charge is 0.0839 e. The van der Waals surface area contributed by atoms with Gasteiger partial charge in [-0.15, -0.1) is 0 Å². The Morgan fingerprint density at radius 1 is 1.21 bits per heavy atom. The molecule has 2 aliphatic rings. The Morgan fingerprint density at radius 3 is 2.92 bits per heavy atom. The summed E-state index contributed by atoms with van der Waals surface area (Å²) in [6, 6.07) is 8.32. The highest BCUT2D eigenvalue weighted by Gasteiger charge is 2.20. The first kappa shape index (κ1) is 15.8. The molecule has 1 fully saturated rings. The minimum Gasteiger partial charge on any atom is -0.390 e. The molecule has 3 N–H and O–H groups in total. The van der Waals surface area contributed by atoms with Crippen LogP contribution in [0.3, 0.4) is 0 Å². The summed E-state index contributed by atoms with van der Waals surface area (Å²) in [7, 11) is 0. The number of piperazine rings is 1. The monoisotopic (exact) mass is 326 g/mol. The highest BCUT2D eigenvalue weighted by Crippen LogP contribution is 2.33. The summed E-state index contributed by atoms with van der Waals surface area (Å²) in [5, 5.41) is 18.5. The van der Waals surface area contributed by atoms with E-state index in [2.05, 4.69) is 33.7 Å². The minimum absolute atomic E-state index is 0.355.